The number of pyridine rings is 1. The Kier molecular flexibility index (Phi) is 2.84. The summed E-state index contributed by atoms with van der Waals surface area (Å²) in [7, 11) is 0. The minimum absolute atomic E-state index is 0.0819. The van der Waals surface area contributed by atoms with Gasteiger partial charge in [-0.2, -0.15) is 0 Å². The molecule has 0 amide bonds. The maximum atomic E-state index is 11.8. The van der Waals surface area contributed by atoms with Gasteiger partial charge in [-0.05, 0) is 31.4 Å². The summed E-state index contributed by atoms with van der Waals surface area (Å²) in [6, 6.07) is 2.27. The molecule has 2 aromatic rings. The molecule has 0 saturated carbocycles. The van der Waals surface area contributed by atoms with Crippen molar-refractivity contribution in [2.45, 2.75) is 39.7 Å². The summed E-state index contributed by atoms with van der Waals surface area (Å²) in [5.41, 5.74) is 2.15. The van der Waals surface area contributed by atoms with Crippen LogP contribution in [0.25, 0.3) is 10.3 Å². The fraction of sp³-hybridized carbons (Fsp3) is 0.500. The maximum Gasteiger partial charge on any atom is 0.309 e. The Balaban J connectivity index is 2.75. The van der Waals surface area contributed by atoms with Crippen LogP contribution in [0.5, 0.6) is 0 Å². The average Bonchev–Trinajstić information content (AvgIpc) is 2.51. The van der Waals surface area contributed by atoms with Crippen LogP contribution in [0.3, 0.4) is 0 Å². The molecule has 16 heavy (non-hydrogen) atoms. The first-order valence-electron chi connectivity index (χ1n) is 5.51. The fourth-order valence-electron chi connectivity index (χ4n) is 1.74. The van der Waals surface area contributed by atoms with E-state index in [1.54, 1.807) is 0 Å². The molecule has 0 saturated heterocycles. The molecule has 2 aromatic heterocycles. The summed E-state index contributed by atoms with van der Waals surface area (Å²) in [6.07, 6.45) is 1.87. The number of rotatable bonds is 2. The second-order valence-electron chi connectivity index (χ2n) is 4.58. The van der Waals surface area contributed by atoms with Crippen molar-refractivity contribution in [2.24, 2.45) is 0 Å². The summed E-state index contributed by atoms with van der Waals surface area (Å²) in [6.45, 7) is 8.31. The van der Waals surface area contributed by atoms with Gasteiger partial charge in [0, 0.05) is 12.2 Å². The summed E-state index contributed by atoms with van der Waals surface area (Å²) >= 11 is 1.22. The van der Waals surface area contributed by atoms with Gasteiger partial charge in [0.05, 0.1) is 5.52 Å². The molecule has 3 nitrogen and oxygen atoms in total. The molecule has 86 valence electrons. The lowest BCUT2D eigenvalue weighted by molar-refractivity contribution is 0.610. The molecule has 0 aliphatic carbocycles. The Bertz CT molecular complexity index is 566. The van der Waals surface area contributed by atoms with E-state index in [1.807, 2.05) is 24.6 Å². The van der Waals surface area contributed by atoms with Crippen molar-refractivity contribution in [3.05, 3.63) is 27.5 Å². The van der Waals surface area contributed by atoms with E-state index in [9.17, 15) is 4.79 Å². The molecular weight excluding hydrogens is 220 g/mol. The third-order valence-corrected chi connectivity index (χ3v) is 3.56. The van der Waals surface area contributed by atoms with E-state index in [0.29, 0.717) is 5.92 Å². The Morgan fingerprint density at radius 1 is 1.31 bits per heavy atom. The van der Waals surface area contributed by atoms with Crippen LogP contribution in [0.2, 0.25) is 0 Å². The van der Waals surface area contributed by atoms with E-state index in [2.05, 4.69) is 24.9 Å². The fourth-order valence-corrected chi connectivity index (χ4v) is 2.68. The smallest absolute Gasteiger partial charge is 0.295 e. The highest BCUT2D eigenvalue weighted by atomic mass is 32.1. The van der Waals surface area contributed by atoms with Gasteiger partial charge in [0.1, 0.15) is 4.83 Å². The van der Waals surface area contributed by atoms with Gasteiger partial charge in [0.15, 0.2) is 0 Å². The molecular formula is C12H16N2OS. The largest absolute Gasteiger partial charge is 0.309 e. The van der Waals surface area contributed by atoms with E-state index in [-0.39, 0.29) is 10.9 Å². The van der Waals surface area contributed by atoms with E-state index >= 15 is 0 Å². The first kappa shape index (κ1) is 11.3. The lowest BCUT2D eigenvalue weighted by atomic mass is 10.1. The van der Waals surface area contributed by atoms with Crippen molar-refractivity contribution in [3.8, 4) is 0 Å². The van der Waals surface area contributed by atoms with E-state index in [4.69, 9.17) is 0 Å². The summed E-state index contributed by atoms with van der Waals surface area (Å²) in [5.74, 6) is 0.438. The summed E-state index contributed by atoms with van der Waals surface area (Å²) in [5, 5.41) is 0. The molecule has 0 N–H and O–H groups in total. The van der Waals surface area contributed by atoms with E-state index in [1.165, 1.54) is 16.9 Å². The second kappa shape index (κ2) is 4.01. The molecule has 2 rings (SSSR count). The zero-order valence-electron chi connectivity index (χ0n) is 10.0. The number of thiazole rings is 1. The Labute approximate surface area is 98.8 Å². The van der Waals surface area contributed by atoms with Crippen LogP contribution < -0.4 is 4.87 Å². The highest BCUT2D eigenvalue weighted by Crippen LogP contribution is 2.22. The Morgan fingerprint density at radius 3 is 2.56 bits per heavy atom. The van der Waals surface area contributed by atoms with Crippen molar-refractivity contribution in [1.29, 1.82) is 0 Å². The van der Waals surface area contributed by atoms with Gasteiger partial charge in [-0.1, -0.05) is 25.2 Å². The predicted molar refractivity (Wildman–Crippen MR) is 68.4 cm³/mol. The molecule has 0 radical (unpaired) electrons. The number of fused-ring (bicyclic) bond motifs is 1. The zero-order chi connectivity index (χ0) is 11.9. The normalized spacial score (nSPS) is 11.9. The molecule has 0 spiro atoms. The Hall–Kier alpha value is -1.16. The van der Waals surface area contributed by atoms with E-state index in [0.717, 1.165) is 10.3 Å². The van der Waals surface area contributed by atoms with Gasteiger partial charge in [-0.15, -0.1) is 0 Å². The minimum Gasteiger partial charge on any atom is -0.295 e. The van der Waals surface area contributed by atoms with E-state index < -0.39 is 0 Å². The quantitative estimate of drug-likeness (QED) is 0.802. The van der Waals surface area contributed by atoms with Gasteiger partial charge in [0.25, 0.3) is 0 Å². The van der Waals surface area contributed by atoms with Crippen molar-refractivity contribution in [1.82, 2.24) is 9.55 Å². The van der Waals surface area contributed by atoms with Crippen LogP contribution in [-0.2, 0) is 0 Å². The SMILES string of the molecule is CC(C)c1cnc2sc(=O)n(C(C)C)c2c1. The predicted octanol–water partition coefficient (Wildman–Crippen LogP) is 3.16. The minimum atomic E-state index is 0.0819. The van der Waals surface area contributed by atoms with Crippen LogP contribution in [0.1, 0.15) is 45.2 Å². The highest BCUT2D eigenvalue weighted by molar-refractivity contribution is 7.16. The van der Waals surface area contributed by atoms with Crippen molar-refractivity contribution < 1.29 is 0 Å². The molecule has 0 aliphatic heterocycles. The summed E-state index contributed by atoms with van der Waals surface area (Å²) < 4.78 is 1.82. The molecule has 0 aliphatic rings. The molecule has 0 aromatic carbocycles. The second-order valence-corrected chi connectivity index (χ2v) is 5.52. The summed E-state index contributed by atoms with van der Waals surface area (Å²) in [4.78, 5) is 17.1. The van der Waals surface area contributed by atoms with Gasteiger partial charge in [-0.25, -0.2) is 4.98 Å². The van der Waals surface area contributed by atoms with Gasteiger partial charge < -0.3 is 0 Å². The standard InChI is InChI=1S/C12H16N2OS/c1-7(2)9-5-10-11(13-6-9)16-12(15)14(10)8(3)4/h5-8H,1-4H3. The van der Waals surface area contributed by atoms with Crippen molar-refractivity contribution >= 4 is 21.7 Å². The first-order chi connectivity index (χ1) is 7.50. The third kappa shape index (κ3) is 1.78. The molecule has 2 heterocycles. The van der Waals surface area contributed by atoms with Gasteiger partial charge >= 0.3 is 4.87 Å². The van der Waals surface area contributed by atoms with Gasteiger partial charge in [0.2, 0.25) is 0 Å². The molecule has 0 bridgehead atoms. The molecule has 4 heteroatoms. The number of hydrogen-bond acceptors (Lipinski definition) is 3. The molecule has 0 atom stereocenters. The maximum absolute atomic E-state index is 11.8. The zero-order valence-corrected chi connectivity index (χ0v) is 10.8. The topological polar surface area (TPSA) is 34.9 Å². The van der Waals surface area contributed by atoms with Crippen LogP contribution in [0.4, 0.5) is 0 Å². The average molecular weight is 236 g/mol. The van der Waals surface area contributed by atoms with Crippen LogP contribution >= 0.6 is 11.3 Å². The molecule has 0 unspecified atom stereocenters. The number of aromatic nitrogens is 2. The van der Waals surface area contributed by atoms with Crippen molar-refractivity contribution in [2.75, 3.05) is 0 Å². The third-order valence-electron chi connectivity index (χ3n) is 2.68. The first-order valence-corrected chi connectivity index (χ1v) is 6.33. The molecule has 0 fully saturated rings. The van der Waals surface area contributed by atoms with Crippen LogP contribution in [0, 0.1) is 0 Å². The monoisotopic (exact) mass is 236 g/mol. The van der Waals surface area contributed by atoms with Crippen LogP contribution in [-0.4, -0.2) is 9.55 Å². The lowest BCUT2D eigenvalue weighted by Crippen LogP contribution is -2.14. The Morgan fingerprint density at radius 2 is 2.00 bits per heavy atom. The number of hydrogen-bond donors (Lipinski definition) is 0. The van der Waals surface area contributed by atoms with Gasteiger partial charge in [-0.3, -0.25) is 9.36 Å². The van der Waals surface area contributed by atoms with Crippen LogP contribution in [0.15, 0.2) is 17.1 Å². The highest BCUT2D eigenvalue weighted by Gasteiger charge is 2.12. The lowest BCUT2D eigenvalue weighted by Gasteiger charge is -2.09. The van der Waals surface area contributed by atoms with Crippen molar-refractivity contribution in [3.63, 3.8) is 0 Å². The number of nitrogens with zero attached hydrogens (tertiary/aromatic N) is 2.